The zero-order valence-electron chi connectivity index (χ0n) is 16.2. The summed E-state index contributed by atoms with van der Waals surface area (Å²) in [4.78, 5) is 12.5. The molecule has 5 heterocycles. The Bertz CT molecular complexity index is 1030. The highest BCUT2D eigenvalue weighted by molar-refractivity contribution is 7.15. The van der Waals surface area contributed by atoms with Crippen LogP contribution in [0.3, 0.4) is 0 Å². The molecular weight excluding hydrogens is 378 g/mol. The molecule has 2 atom stereocenters. The van der Waals surface area contributed by atoms with E-state index in [1.54, 1.807) is 17.5 Å². The van der Waals surface area contributed by atoms with Crippen molar-refractivity contribution in [3.63, 3.8) is 0 Å². The van der Waals surface area contributed by atoms with Crippen molar-refractivity contribution >= 4 is 11.3 Å². The highest BCUT2D eigenvalue weighted by Crippen LogP contribution is 2.33. The van der Waals surface area contributed by atoms with Gasteiger partial charge in [-0.25, -0.2) is 4.98 Å². The molecule has 0 saturated carbocycles. The molecule has 3 aliphatic rings. The van der Waals surface area contributed by atoms with E-state index in [0.717, 1.165) is 53.5 Å². The first-order valence-electron chi connectivity index (χ1n) is 10.2. The molecule has 3 aromatic rings. The zero-order chi connectivity index (χ0) is 19.6. The molecule has 0 radical (unpaired) electrons. The lowest BCUT2D eigenvalue weighted by Gasteiger charge is -2.46. The van der Waals surface area contributed by atoms with E-state index in [9.17, 15) is 5.11 Å². The van der Waals surface area contributed by atoms with Crippen LogP contribution < -0.4 is 0 Å². The van der Waals surface area contributed by atoms with E-state index in [4.69, 9.17) is 4.98 Å². The SMILES string of the molecule is OC1C2CCN(CC2)C1C#Cc1sc(-c2cccnc2)nc1Cc1ccccc1. The first-order chi connectivity index (χ1) is 14.3. The summed E-state index contributed by atoms with van der Waals surface area (Å²) >= 11 is 1.62. The molecule has 146 valence electrons. The Balaban J connectivity index is 1.49. The van der Waals surface area contributed by atoms with Gasteiger partial charge in [0.15, 0.2) is 0 Å². The average Bonchev–Trinajstić information content (AvgIpc) is 3.18. The van der Waals surface area contributed by atoms with E-state index < -0.39 is 0 Å². The van der Waals surface area contributed by atoms with Crippen LogP contribution in [0.5, 0.6) is 0 Å². The monoisotopic (exact) mass is 401 g/mol. The normalized spacial score (nSPS) is 25.4. The number of aliphatic hydroxyl groups excluding tert-OH is 1. The molecule has 2 bridgehead atoms. The van der Waals surface area contributed by atoms with Gasteiger partial charge >= 0.3 is 0 Å². The molecule has 0 spiro atoms. The van der Waals surface area contributed by atoms with Crippen molar-refractivity contribution in [3.05, 3.63) is 71.0 Å². The summed E-state index contributed by atoms with van der Waals surface area (Å²) in [5, 5.41) is 11.6. The van der Waals surface area contributed by atoms with Gasteiger partial charge in [0.05, 0.1) is 17.8 Å². The molecule has 2 unspecified atom stereocenters. The molecule has 0 aliphatic carbocycles. The second kappa shape index (κ2) is 8.08. The molecule has 2 aromatic heterocycles. The summed E-state index contributed by atoms with van der Waals surface area (Å²) in [6, 6.07) is 14.3. The van der Waals surface area contributed by atoms with Crippen molar-refractivity contribution in [3.8, 4) is 22.4 Å². The minimum atomic E-state index is -0.340. The standard InChI is InChI=1S/C24H23N3OS/c28-23-18-10-13-27(14-11-18)21(23)8-9-22-20(15-17-5-2-1-3-6-17)26-24(29-22)19-7-4-12-25-16-19/h1-7,12,16,18,21,23,28H,10-11,13-15H2. The van der Waals surface area contributed by atoms with Crippen molar-refractivity contribution < 1.29 is 5.11 Å². The van der Waals surface area contributed by atoms with E-state index in [1.807, 2.05) is 24.4 Å². The van der Waals surface area contributed by atoms with Gasteiger partial charge in [0.25, 0.3) is 0 Å². The van der Waals surface area contributed by atoms with Gasteiger partial charge in [-0.2, -0.15) is 0 Å². The number of hydrogen-bond acceptors (Lipinski definition) is 5. The van der Waals surface area contributed by atoms with E-state index in [2.05, 4.69) is 46.0 Å². The fourth-order valence-electron chi connectivity index (χ4n) is 4.30. The number of rotatable bonds is 3. The van der Waals surface area contributed by atoms with Gasteiger partial charge in [-0.05, 0) is 49.5 Å². The average molecular weight is 402 g/mol. The number of thiazole rings is 1. The maximum Gasteiger partial charge on any atom is 0.126 e. The quantitative estimate of drug-likeness (QED) is 0.682. The van der Waals surface area contributed by atoms with Gasteiger partial charge in [-0.15, -0.1) is 11.3 Å². The molecule has 29 heavy (non-hydrogen) atoms. The van der Waals surface area contributed by atoms with Crippen LogP contribution in [0.2, 0.25) is 0 Å². The molecule has 0 amide bonds. The Labute approximate surface area is 175 Å². The smallest absolute Gasteiger partial charge is 0.126 e. The molecule has 1 aromatic carbocycles. The fourth-order valence-corrected chi connectivity index (χ4v) is 5.23. The largest absolute Gasteiger partial charge is 0.390 e. The summed E-state index contributed by atoms with van der Waals surface area (Å²) in [7, 11) is 0. The minimum absolute atomic E-state index is 0.0592. The van der Waals surface area contributed by atoms with Crippen LogP contribution in [0.1, 0.15) is 29.0 Å². The van der Waals surface area contributed by atoms with E-state index in [-0.39, 0.29) is 12.1 Å². The highest BCUT2D eigenvalue weighted by Gasteiger charge is 2.40. The number of aromatic nitrogens is 2. The zero-order valence-corrected chi connectivity index (χ0v) is 17.0. The number of pyridine rings is 1. The van der Waals surface area contributed by atoms with Crippen molar-refractivity contribution in [2.24, 2.45) is 5.92 Å². The van der Waals surface area contributed by atoms with Gasteiger partial charge in [0.2, 0.25) is 0 Å². The summed E-state index contributed by atoms with van der Waals surface area (Å²) in [6.45, 7) is 2.09. The summed E-state index contributed by atoms with van der Waals surface area (Å²) in [6.07, 6.45) is 6.21. The fraction of sp³-hybridized carbons (Fsp3) is 0.333. The van der Waals surface area contributed by atoms with E-state index in [1.165, 1.54) is 5.56 Å². The highest BCUT2D eigenvalue weighted by atomic mass is 32.1. The number of nitrogens with zero attached hydrogens (tertiary/aromatic N) is 3. The van der Waals surface area contributed by atoms with Crippen molar-refractivity contribution in [2.45, 2.75) is 31.4 Å². The summed E-state index contributed by atoms with van der Waals surface area (Å²) in [5.41, 5.74) is 3.23. The van der Waals surface area contributed by atoms with Crippen LogP contribution in [0.4, 0.5) is 0 Å². The first kappa shape index (κ1) is 18.5. The van der Waals surface area contributed by atoms with Crippen molar-refractivity contribution in [1.82, 2.24) is 14.9 Å². The third kappa shape index (κ3) is 3.84. The van der Waals surface area contributed by atoms with Gasteiger partial charge < -0.3 is 5.11 Å². The topological polar surface area (TPSA) is 49.2 Å². The second-order valence-electron chi connectivity index (χ2n) is 7.78. The molecule has 3 fully saturated rings. The Hall–Kier alpha value is -2.52. The minimum Gasteiger partial charge on any atom is -0.390 e. The van der Waals surface area contributed by atoms with Gasteiger partial charge in [0, 0.05) is 24.4 Å². The Kier molecular flexibility index (Phi) is 5.15. The number of hydrogen-bond donors (Lipinski definition) is 1. The maximum absolute atomic E-state index is 10.7. The van der Waals surface area contributed by atoms with Gasteiger partial charge in [-0.3, -0.25) is 9.88 Å². The Morgan fingerprint density at radius 2 is 1.93 bits per heavy atom. The first-order valence-corrected chi connectivity index (χ1v) is 11.0. The molecule has 6 rings (SSSR count). The lowest BCUT2D eigenvalue weighted by Crippen LogP contribution is -2.57. The number of piperidine rings is 3. The van der Waals surface area contributed by atoms with Crippen molar-refractivity contribution in [1.29, 1.82) is 0 Å². The third-order valence-corrected chi connectivity index (χ3v) is 6.99. The molecule has 5 heteroatoms. The van der Waals surface area contributed by atoms with E-state index in [0.29, 0.717) is 5.92 Å². The van der Waals surface area contributed by atoms with E-state index >= 15 is 0 Å². The third-order valence-electron chi connectivity index (χ3n) is 5.93. The molecular formula is C24H23N3OS. The van der Waals surface area contributed by atoms with Crippen LogP contribution in [0.15, 0.2) is 54.9 Å². The van der Waals surface area contributed by atoms with Gasteiger partial charge in [0.1, 0.15) is 9.88 Å². The molecule has 3 aliphatic heterocycles. The number of fused-ring (bicyclic) bond motifs is 3. The molecule has 1 N–H and O–H groups in total. The Morgan fingerprint density at radius 3 is 2.66 bits per heavy atom. The molecule has 3 saturated heterocycles. The summed E-state index contributed by atoms with van der Waals surface area (Å²) < 4.78 is 0. The van der Waals surface area contributed by atoms with Crippen molar-refractivity contribution in [2.75, 3.05) is 13.1 Å². The van der Waals surface area contributed by atoms with Crippen LogP contribution in [0, 0.1) is 17.8 Å². The van der Waals surface area contributed by atoms with Crippen LogP contribution in [-0.4, -0.2) is 45.2 Å². The van der Waals surface area contributed by atoms with Gasteiger partial charge in [-0.1, -0.05) is 42.2 Å². The number of aliphatic hydroxyl groups is 1. The van der Waals surface area contributed by atoms with Crippen LogP contribution in [0.25, 0.3) is 10.6 Å². The Morgan fingerprint density at radius 1 is 1.10 bits per heavy atom. The second-order valence-corrected chi connectivity index (χ2v) is 8.78. The predicted molar refractivity (Wildman–Crippen MR) is 116 cm³/mol. The summed E-state index contributed by atoms with van der Waals surface area (Å²) in [5.74, 6) is 7.18. The number of benzene rings is 1. The lowest BCUT2D eigenvalue weighted by atomic mass is 9.81. The predicted octanol–water partition coefficient (Wildman–Crippen LogP) is 3.60. The molecule has 4 nitrogen and oxygen atoms in total. The van der Waals surface area contributed by atoms with Crippen LogP contribution >= 0.6 is 11.3 Å². The van der Waals surface area contributed by atoms with Crippen LogP contribution in [-0.2, 0) is 6.42 Å². The lowest BCUT2D eigenvalue weighted by molar-refractivity contribution is -0.0500. The maximum atomic E-state index is 10.7.